The van der Waals surface area contributed by atoms with Crippen LogP contribution in [0.25, 0.3) is 0 Å². The first kappa shape index (κ1) is 18.0. The van der Waals surface area contributed by atoms with Crippen LogP contribution in [0.2, 0.25) is 0 Å². The molecule has 1 atom stereocenters. The molecule has 0 aromatic heterocycles. The molecule has 0 bridgehead atoms. The Hall–Kier alpha value is -1.02. The lowest BCUT2D eigenvalue weighted by atomic mass is 9.91. The molecular weight excluding hydrogens is 260 g/mol. The Morgan fingerprint density at radius 3 is 2.24 bits per heavy atom. The summed E-state index contributed by atoms with van der Waals surface area (Å²) >= 11 is 0. The van der Waals surface area contributed by atoms with E-state index in [-0.39, 0.29) is 0 Å². The summed E-state index contributed by atoms with van der Waals surface area (Å²) in [6.07, 6.45) is 12.1. The van der Waals surface area contributed by atoms with Crippen LogP contribution in [0.4, 0.5) is 0 Å². The van der Waals surface area contributed by atoms with E-state index < -0.39 is 0 Å². The van der Waals surface area contributed by atoms with E-state index in [1.54, 1.807) is 0 Å². The van der Waals surface area contributed by atoms with Gasteiger partial charge in [-0.3, -0.25) is 0 Å². The second-order valence-corrected chi connectivity index (χ2v) is 6.27. The van der Waals surface area contributed by atoms with Crippen molar-refractivity contribution in [1.29, 1.82) is 0 Å². The molecule has 0 aliphatic carbocycles. The van der Waals surface area contributed by atoms with Crippen LogP contribution in [0, 0.1) is 6.92 Å². The van der Waals surface area contributed by atoms with E-state index in [1.807, 2.05) is 18.2 Å². The van der Waals surface area contributed by atoms with Crippen LogP contribution in [-0.4, -0.2) is 5.26 Å². The molecule has 0 radical (unpaired) electrons. The summed E-state index contributed by atoms with van der Waals surface area (Å²) in [5, 5.41) is 8.77. The Balaban J connectivity index is 2.23. The molecule has 0 aliphatic rings. The Kier molecular flexibility index (Phi) is 9.16. The Morgan fingerprint density at radius 2 is 1.62 bits per heavy atom. The summed E-state index contributed by atoms with van der Waals surface area (Å²) in [6, 6.07) is 5.79. The van der Waals surface area contributed by atoms with E-state index in [9.17, 15) is 0 Å². The molecule has 0 heterocycles. The van der Waals surface area contributed by atoms with Gasteiger partial charge < -0.3 is 4.89 Å². The monoisotopic (exact) mass is 292 g/mol. The van der Waals surface area contributed by atoms with Crippen molar-refractivity contribution in [3.8, 4) is 5.75 Å². The van der Waals surface area contributed by atoms with Crippen molar-refractivity contribution in [1.82, 2.24) is 0 Å². The third-order valence-corrected chi connectivity index (χ3v) is 4.38. The third-order valence-electron chi connectivity index (χ3n) is 4.38. The zero-order valence-electron chi connectivity index (χ0n) is 14.0. The predicted molar refractivity (Wildman–Crippen MR) is 90.1 cm³/mol. The Labute approximate surface area is 130 Å². The van der Waals surface area contributed by atoms with Crippen LogP contribution in [0.15, 0.2) is 18.2 Å². The second kappa shape index (κ2) is 10.7. The smallest absolute Gasteiger partial charge is 0.165 e. The molecule has 0 aliphatic heterocycles. The highest BCUT2D eigenvalue weighted by Gasteiger charge is 2.10. The number of aryl methyl sites for hydroxylation is 1. The predicted octanol–water partition coefficient (Wildman–Crippen LogP) is 6.48. The van der Waals surface area contributed by atoms with Crippen LogP contribution in [0.5, 0.6) is 5.75 Å². The van der Waals surface area contributed by atoms with Crippen molar-refractivity contribution in [2.24, 2.45) is 0 Å². The van der Waals surface area contributed by atoms with Gasteiger partial charge in [-0.1, -0.05) is 71.3 Å². The van der Waals surface area contributed by atoms with Gasteiger partial charge in [-0.25, -0.2) is 5.26 Å². The minimum absolute atomic E-state index is 0.528. The quantitative estimate of drug-likeness (QED) is 0.287. The maximum atomic E-state index is 8.77. The van der Waals surface area contributed by atoms with Crippen molar-refractivity contribution in [2.45, 2.75) is 84.5 Å². The molecule has 120 valence electrons. The Bertz CT molecular complexity index is 387. The molecule has 21 heavy (non-hydrogen) atoms. The lowest BCUT2D eigenvalue weighted by Gasteiger charge is -2.15. The molecule has 1 aromatic carbocycles. The normalized spacial score (nSPS) is 12.4. The fourth-order valence-corrected chi connectivity index (χ4v) is 2.95. The van der Waals surface area contributed by atoms with Crippen molar-refractivity contribution in [3.63, 3.8) is 0 Å². The van der Waals surface area contributed by atoms with Crippen LogP contribution in [0.3, 0.4) is 0 Å². The summed E-state index contributed by atoms with van der Waals surface area (Å²) in [6.45, 7) is 6.66. The van der Waals surface area contributed by atoms with Crippen LogP contribution in [-0.2, 0) is 0 Å². The molecule has 2 heteroatoms. The standard InChI is InChI=1S/C19H32O2/c1-4-5-6-7-8-9-10-11-12-16(2)19-15-18(21-20)14-13-17(19)3/h13-16,20H,4-12H2,1-3H3. The molecule has 0 amide bonds. The highest BCUT2D eigenvalue weighted by atomic mass is 17.1. The summed E-state index contributed by atoms with van der Waals surface area (Å²) in [5.41, 5.74) is 2.58. The molecule has 1 aromatic rings. The molecule has 2 nitrogen and oxygen atoms in total. The molecule has 1 N–H and O–H groups in total. The van der Waals surface area contributed by atoms with Gasteiger partial charge in [0, 0.05) is 0 Å². The first-order valence-corrected chi connectivity index (χ1v) is 8.61. The molecule has 1 unspecified atom stereocenters. The van der Waals surface area contributed by atoms with Gasteiger partial charge in [0.2, 0.25) is 0 Å². The molecule has 0 fully saturated rings. The number of benzene rings is 1. The van der Waals surface area contributed by atoms with Crippen LogP contribution >= 0.6 is 0 Å². The van der Waals surface area contributed by atoms with Gasteiger partial charge in [-0.05, 0) is 42.5 Å². The van der Waals surface area contributed by atoms with E-state index in [4.69, 9.17) is 5.26 Å². The number of hydrogen-bond donors (Lipinski definition) is 1. The Morgan fingerprint density at radius 1 is 1.00 bits per heavy atom. The lowest BCUT2D eigenvalue weighted by molar-refractivity contribution is -0.137. The van der Waals surface area contributed by atoms with Gasteiger partial charge >= 0.3 is 0 Å². The van der Waals surface area contributed by atoms with E-state index >= 15 is 0 Å². The van der Waals surface area contributed by atoms with Crippen molar-refractivity contribution < 1.29 is 10.1 Å². The molecular formula is C19H32O2. The number of rotatable bonds is 11. The van der Waals surface area contributed by atoms with E-state index in [2.05, 4.69) is 25.7 Å². The van der Waals surface area contributed by atoms with Gasteiger partial charge in [-0.15, -0.1) is 0 Å². The molecule has 0 saturated carbocycles. The average Bonchev–Trinajstić information content (AvgIpc) is 2.50. The third kappa shape index (κ3) is 6.99. The maximum absolute atomic E-state index is 8.77. The number of hydrogen-bond acceptors (Lipinski definition) is 2. The van der Waals surface area contributed by atoms with Crippen LogP contribution < -0.4 is 4.89 Å². The lowest BCUT2D eigenvalue weighted by Crippen LogP contribution is -1.98. The second-order valence-electron chi connectivity index (χ2n) is 6.27. The summed E-state index contributed by atoms with van der Waals surface area (Å²) in [4.78, 5) is 4.35. The maximum Gasteiger partial charge on any atom is 0.165 e. The van der Waals surface area contributed by atoms with Gasteiger partial charge in [0.25, 0.3) is 0 Å². The van der Waals surface area contributed by atoms with Gasteiger partial charge in [-0.2, -0.15) is 0 Å². The first-order valence-electron chi connectivity index (χ1n) is 8.61. The SMILES string of the molecule is CCCCCCCCCCC(C)c1cc(OO)ccc1C. The minimum Gasteiger partial charge on any atom is -0.340 e. The highest BCUT2D eigenvalue weighted by Crippen LogP contribution is 2.28. The van der Waals surface area contributed by atoms with Gasteiger partial charge in [0.1, 0.15) is 0 Å². The van der Waals surface area contributed by atoms with E-state index in [0.29, 0.717) is 11.7 Å². The van der Waals surface area contributed by atoms with E-state index in [1.165, 1.54) is 68.9 Å². The largest absolute Gasteiger partial charge is 0.340 e. The summed E-state index contributed by atoms with van der Waals surface area (Å²) in [5.74, 6) is 1.07. The summed E-state index contributed by atoms with van der Waals surface area (Å²) < 4.78 is 0. The first-order chi connectivity index (χ1) is 10.2. The molecule has 1 rings (SSSR count). The van der Waals surface area contributed by atoms with Gasteiger partial charge in [0.05, 0.1) is 0 Å². The van der Waals surface area contributed by atoms with E-state index in [0.717, 1.165) is 0 Å². The van der Waals surface area contributed by atoms with Crippen molar-refractivity contribution in [2.75, 3.05) is 0 Å². The summed E-state index contributed by atoms with van der Waals surface area (Å²) in [7, 11) is 0. The fourth-order valence-electron chi connectivity index (χ4n) is 2.95. The molecule has 0 saturated heterocycles. The topological polar surface area (TPSA) is 29.5 Å². The minimum atomic E-state index is 0.528. The average molecular weight is 292 g/mol. The van der Waals surface area contributed by atoms with Crippen molar-refractivity contribution in [3.05, 3.63) is 29.3 Å². The van der Waals surface area contributed by atoms with Crippen LogP contribution in [0.1, 0.15) is 88.7 Å². The fraction of sp³-hybridized carbons (Fsp3) is 0.684. The molecule has 0 spiro atoms. The highest BCUT2D eigenvalue weighted by molar-refractivity contribution is 5.36. The van der Waals surface area contributed by atoms with Crippen molar-refractivity contribution >= 4 is 0 Å². The van der Waals surface area contributed by atoms with Gasteiger partial charge in [0.15, 0.2) is 5.75 Å². The zero-order chi connectivity index (χ0) is 15.5. The zero-order valence-corrected chi connectivity index (χ0v) is 14.0. The number of unbranched alkanes of at least 4 members (excludes halogenated alkanes) is 7.